The van der Waals surface area contributed by atoms with E-state index in [0.717, 1.165) is 33.4 Å². The number of rotatable bonds is 7. The number of benzene rings is 4. The Morgan fingerprint density at radius 2 is 1.03 bits per heavy atom. The maximum absolute atomic E-state index is 12.1. The summed E-state index contributed by atoms with van der Waals surface area (Å²) in [5.41, 5.74) is 4.72. The molecule has 4 aromatic rings. The van der Waals surface area contributed by atoms with Gasteiger partial charge in [0.2, 0.25) is 0 Å². The van der Waals surface area contributed by atoms with E-state index in [9.17, 15) is 14.4 Å². The van der Waals surface area contributed by atoms with Crippen molar-refractivity contribution in [2.75, 3.05) is 0 Å². The summed E-state index contributed by atoms with van der Waals surface area (Å²) in [6, 6.07) is 33.9. The van der Waals surface area contributed by atoms with Crippen LogP contribution in [0.15, 0.2) is 103 Å². The van der Waals surface area contributed by atoms with Crippen LogP contribution in [-0.4, -0.2) is 9.79 Å². The topological polar surface area (TPSA) is 66.8 Å². The fourth-order valence-electron chi connectivity index (χ4n) is 4.91. The Balaban J connectivity index is 2.15. The summed E-state index contributed by atoms with van der Waals surface area (Å²) < 4.78 is 17.4. The number of phosphoric acid groups is 1. The molecule has 4 nitrogen and oxygen atoms in total. The maximum Gasteiger partial charge on any atom is 0.524 e. The van der Waals surface area contributed by atoms with Crippen molar-refractivity contribution in [3.63, 3.8) is 0 Å². The van der Waals surface area contributed by atoms with Gasteiger partial charge in [-0.25, -0.2) is 4.57 Å². The van der Waals surface area contributed by atoms with Gasteiger partial charge in [-0.15, -0.1) is 0 Å². The van der Waals surface area contributed by atoms with Gasteiger partial charge in [0.15, 0.2) is 0 Å². The molecule has 0 aliphatic rings. The average Bonchev–Trinajstić information content (AvgIpc) is 2.84. The third kappa shape index (κ3) is 5.11. The molecule has 4 rings (SSSR count). The van der Waals surface area contributed by atoms with Crippen LogP contribution in [0.25, 0.3) is 11.1 Å². The van der Waals surface area contributed by atoms with E-state index in [2.05, 4.69) is 52.0 Å². The summed E-state index contributed by atoms with van der Waals surface area (Å²) in [5.74, 6) is 0.186. The third-order valence-corrected chi connectivity index (χ3v) is 7.14. The molecule has 0 bridgehead atoms. The van der Waals surface area contributed by atoms with Crippen LogP contribution < -0.4 is 4.52 Å². The zero-order valence-electron chi connectivity index (χ0n) is 20.5. The van der Waals surface area contributed by atoms with Gasteiger partial charge in [0, 0.05) is 16.4 Å². The minimum absolute atomic E-state index is 0.186. The van der Waals surface area contributed by atoms with E-state index in [1.165, 1.54) is 0 Å². The van der Waals surface area contributed by atoms with Crippen LogP contribution >= 0.6 is 7.82 Å². The largest absolute Gasteiger partial charge is 0.524 e. The Kier molecular flexibility index (Phi) is 6.75. The molecule has 0 fully saturated rings. The Labute approximate surface area is 207 Å². The van der Waals surface area contributed by atoms with Crippen LogP contribution in [0.1, 0.15) is 49.9 Å². The van der Waals surface area contributed by atoms with Crippen LogP contribution in [0.4, 0.5) is 0 Å². The van der Waals surface area contributed by atoms with Crippen LogP contribution in [0.5, 0.6) is 5.75 Å². The van der Waals surface area contributed by atoms with Gasteiger partial charge >= 0.3 is 7.82 Å². The molecule has 0 aromatic heterocycles. The minimum atomic E-state index is -4.81. The van der Waals surface area contributed by atoms with Crippen LogP contribution in [-0.2, 0) is 15.4 Å². The molecule has 0 radical (unpaired) electrons. The molecular weight excluding hydrogens is 455 g/mol. The van der Waals surface area contributed by atoms with Gasteiger partial charge in [-0.1, -0.05) is 125 Å². The Morgan fingerprint density at radius 3 is 1.49 bits per heavy atom. The van der Waals surface area contributed by atoms with Crippen LogP contribution in [0.2, 0.25) is 0 Å². The molecule has 0 heterocycles. The fourth-order valence-corrected chi connectivity index (χ4v) is 5.32. The van der Waals surface area contributed by atoms with Gasteiger partial charge in [0.1, 0.15) is 5.75 Å². The molecule has 2 N–H and O–H groups in total. The summed E-state index contributed by atoms with van der Waals surface area (Å²) in [6.45, 7) is 8.44. The zero-order chi connectivity index (χ0) is 25.3. The molecule has 0 saturated heterocycles. The highest BCUT2D eigenvalue weighted by molar-refractivity contribution is 7.46. The van der Waals surface area contributed by atoms with Gasteiger partial charge < -0.3 is 4.52 Å². The Bertz CT molecular complexity index is 1340. The molecule has 0 aliphatic carbocycles. The lowest BCUT2D eigenvalue weighted by atomic mass is 9.66. The summed E-state index contributed by atoms with van der Waals surface area (Å²) in [6.07, 6.45) is 0. The van der Waals surface area contributed by atoms with E-state index < -0.39 is 18.7 Å². The summed E-state index contributed by atoms with van der Waals surface area (Å²) in [7, 11) is -4.81. The fraction of sp³-hybridized carbons (Fsp3) is 0.200. The first-order valence-corrected chi connectivity index (χ1v) is 13.1. The highest BCUT2D eigenvalue weighted by atomic mass is 31.2. The van der Waals surface area contributed by atoms with Crippen molar-refractivity contribution >= 4 is 7.82 Å². The van der Waals surface area contributed by atoms with Gasteiger partial charge in [-0.05, 0) is 33.9 Å². The first kappa shape index (κ1) is 24.9. The first-order chi connectivity index (χ1) is 16.5. The van der Waals surface area contributed by atoms with E-state index >= 15 is 0 Å². The van der Waals surface area contributed by atoms with E-state index in [1.54, 1.807) is 6.07 Å². The second-order valence-electron chi connectivity index (χ2n) is 9.79. The molecule has 180 valence electrons. The molecule has 0 saturated carbocycles. The highest BCUT2D eigenvalue weighted by Crippen LogP contribution is 2.52. The zero-order valence-corrected chi connectivity index (χ0v) is 21.4. The van der Waals surface area contributed by atoms with Crippen molar-refractivity contribution in [2.24, 2.45) is 0 Å². The van der Waals surface area contributed by atoms with Gasteiger partial charge in [-0.2, -0.15) is 0 Å². The van der Waals surface area contributed by atoms with Crippen LogP contribution in [0, 0.1) is 0 Å². The van der Waals surface area contributed by atoms with Crippen molar-refractivity contribution in [1.82, 2.24) is 0 Å². The second-order valence-corrected chi connectivity index (χ2v) is 11.0. The molecule has 0 amide bonds. The van der Waals surface area contributed by atoms with Crippen molar-refractivity contribution in [3.8, 4) is 16.9 Å². The molecule has 0 aliphatic heterocycles. The monoisotopic (exact) mass is 486 g/mol. The third-order valence-electron chi connectivity index (χ3n) is 6.71. The smallest absolute Gasteiger partial charge is 0.404 e. The number of phosphoric ester groups is 1. The van der Waals surface area contributed by atoms with Gasteiger partial charge in [-0.3, -0.25) is 9.79 Å². The van der Waals surface area contributed by atoms with Gasteiger partial charge in [0.25, 0.3) is 0 Å². The summed E-state index contributed by atoms with van der Waals surface area (Å²) >= 11 is 0. The molecule has 0 unspecified atom stereocenters. The molecular formula is C30H31O4P. The predicted molar refractivity (Wildman–Crippen MR) is 142 cm³/mol. The summed E-state index contributed by atoms with van der Waals surface area (Å²) in [4.78, 5) is 19.6. The van der Waals surface area contributed by atoms with Crippen molar-refractivity contribution < 1.29 is 18.9 Å². The number of hydrogen-bond acceptors (Lipinski definition) is 2. The van der Waals surface area contributed by atoms with Gasteiger partial charge in [0.05, 0.1) is 0 Å². The first-order valence-electron chi connectivity index (χ1n) is 11.6. The lowest BCUT2D eigenvalue weighted by Crippen LogP contribution is -2.29. The normalized spacial score (nSPS) is 12.4. The van der Waals surface area contributed by atoms with E-state index in [-0.39, 0.29) is 5.75 Å². The van der Waals surface area contributed by atoms with Crippen molar-refractivity contribution in [1.29, 1.82) is 0 Å². The molecule has 0 spiro atoms. The van der Waals surface area contributed by atoms with Crippen molar-refractivity contribution in [3.05, 3.63) is 125 Å². The highest BCUT2D eigenvalue weighted by Gasteiger charge is 2.39. The van der Waals surface area contributed by atoms with E-state index in [0.29, 0.717) is 0 Å². The standard InChI is InChI=1S/C30H31O4P/c1-29(2,23-16-10-6-11-17-23)27-25(22-14-8-5-9-15-22)20-21-26(34-35(31,32)33)28(27)30(3,4)24-18-12-7-13-19-24/h5-21H,1-4H3,(H2,31,32,33). The lowest BCUT2D eigenvalue weighted by molar-refractivity contribution is 0.280. The quantitative estimate of drug-likeness (QED) is 0.266. The van der Waals surface area contributed by atoms with Crippen molar-refractivity contribution in [2.45, 2.75) is 38.5 Å². The molecule has 35 heavy (non-hydrogen) atoms. The SMILES string of the molecule is CC(C)(c1ccccc1)c1c(OP(=O)(O)O)ccc(-c2ccccc2)c1C(C)(C)c1ccccc1. The van der Waals surface area contributed by atoms with Crippen LogP contribution in [0.3, 0.4) is 0 Å². The Morgan fingerprint density at radius 1 is 0.600 bits per heavy atom. The Hall–Kier alpha value is -3.17. The van der Waals surface area contributed by atoms with E-state index in [1.807, 2.05) is 72.8 Å². The predicted octanol–water partition coefficient (Wildman–Crippen LogP) is 7.48. The second kappa shape index (κ2) is 9.47. The summed E-state index contributed by atoms with van der Waals surface area (Å²) in [5, 5.41) is 0. The molecule has 0 atom stereocenters. The minimum Gasteiger partial charge on any atom is -0.404 e. The molecule has 5 heteroatoms. The maximum atomic E-state index is 12.1. The number of hydrogen-bond donors (Lipinski definition) is 2. The molecule has 4 aromatic carbocycles. The lowest BCUT2D eigenvalue weighted by Gasteiger charge is -2.38. The van der Waals surface area contributed by atoms with E-state index in [4.69, 9.17) is 4.52 Å². The average molecular weight is 487 g/mol.